The lowest BCUT2D eigenvalue weighted by Gasteiger charge is -2.20. The van der Waals surface area contributed by atoms with Gasteiger partial charge in [0.05, 0.1) is 12.0 Å². The SMILES string of the molecule is CCC(C)(C)C(=O)OCCOC(O)c1cc[n+](C)cc1. The Morgan fingerprint density at radius 1 is 1.35 bits per heavy atom. The zero-order chi connectivity index (χ0) is 15.2. The highest BCUT2D eigenvalue weighted by Gasteiger charge is 2.26. The molecule has 1 aromatic heterocycles. The Hall–Kier alpha value is -1.46. The zero-order valence-corrected chi connectivity index (χ0v) is 12.6. The molecule has 20 heavy (non-hydrogen) atoms. The second kappa shape index (κ2) is 7.36. The van der Waals surface area contributed by atoms with E-state index in [0.29, 0.717) is 5.56 Å². The minimum Gasteiger partial charge on any atom is -0.463 e. The van der Waals surface area contributed by atoms with Crippen LogP contribution >= 0.6 is 0 Å². The number of pyridine rings is 1. The summed E-state index contributed by atoms with van der Waals surface area (Å²) in [6.45, 7) is 5.93. The third kappa shape index (κ3) is 4.90. The smallest absolute Gasteiger partial charge is 0.311 e. The van der Waals surface area contributed by atoms with Crippen molar-refractivity contribution in [1.82, 2.24) is 0 Å². The Labute approximate surface area is 120 Å². The van der Waals surface area contributed by atoms with Gasteiger partial charge in [-0.15, -0.1) is 0 Å². The molecule has 0 radical (unpaired) electrons. The highest BCUT2D eigenvalue weighted by Crippen LogP contribution is 2.21. The van der Waals surface area contributed by atoms with Crippen LogP contribution in [0.1, 0.15) is 39.0 Å². The highest BCUT2D eigenvalue weighted by atomic mass is 16.6. The fourth-order valence-corrected chi connectivity index (χ4v) is 1.41. The summed E-state index contributed by atoms with van der Waals surface area (Å²) in [4.78, 5) is 11.7. The summed E-state index contributed by atoms with van der Waals surface area (Å²) in [6.07, 6.45) is 3.36. The molecule has 0 bridgehead atoms. The van der Waals surface area contributed by atoms with Crippen molar-refractivity contribution in [3.63, 3.8) is 0 Å². The van der Waals surface area contributed by atoms with E-state index in [-0.39, 0.29) is 19.2 Å². The predicted octanol–water partition coefficient (Wildman–Crippen LogP) is 1.50. The molecule has 0 amide bonds. The first-order valence-electron chi connectivity index (χ1n) is 6.79. The normalized spacial score (nSPS) is 13.1. The largest absolute Gasteiger partial charge is 0.463 e. The molecular weight excluding hydrogens is 258 g/mol. The Morgan fingerprint density at radius 3 is 2.50 bits per heavy atom. The van der Waals surface area contributed by atoms with E-state index in [1.807, 2.05) is 44.8 Å². The van der Waals surface area contributed by atoms with Crippen LogP contribution in [0.15, 0.2) is 24.5 Å². The molecule has 0 aliphatic rings. The van der Waals surface area contributed by atoms with Crippen LogP contribution in [0, 0.1) is 5.41 Å². The van der Waals surface area contributed by atoms with Crippen LogP contribution in [-0.4, -0.2) is 24.3 Å². The van der Waals surface area contributed by atoms with Gasteiger partial charge in [0.2, 0.25) is 0 Å². The second-order valence-corrected chi connectivity index (χ2v) is 5.39. The van der Waals surface area contributed by atoms with Crippen LogP contribution in [0.3, 0.4) is 0 Å². The number of carbonyl (C=O) groups is 1. The Bertz CT molecular complexity index is 428. The molecule has 1 N–H and O–H groups in total. The number of carbonyl (C=O) groups excluding carboxylic acids is 1. The quantitative estimate of drug-likeness (QED) is 0.356. The number of aliphatic hydroxyl groups excluding tert-OH is 1. The number of aryl methyl sites for hydroxylation is 1. The summed E-state index contributed by atoms with van der Waals surface area (Å²) in [6, 6.07) is 3.55. The number of aromatic nitrogens is 1. The number of hydrogen-bond acceptors (Lipinski definition) is 4. The maximum atomic E-state index is 11.7. The molecule has 0 fully saturated rings. The van der Waals surface area contributed by atoms with Gasteiger partial charge in [-0.1, -0.05) is 6.92 Å². The molecule has 0 aliphatic heterocycles. The van der Waals surface area contributed by atoms with Crippen LogP contribution < -0.4 is 4.57 Å². The molecule has 5 heteroatoms. The van der Waals surface area contributed by atoms with Gasteiger partial charge in [0.15, 0.2) is 18.7 Å². The van der Waals surface area contributed by atoms with Gasteiger partial charge in [-0.3, -0.25) is 4.79 Å². The lowest BCUT2D eigenvalue weighted by molar-refractivity contribution is -0.671. The van der Waals surface area contributed by atoms with Gasteiger partial charge in [-0.05, 0) is 20.3 Å². The van der Waals surface area contributed by atoms with Crippen molar-refractivity contribution in [2.24, 2.45) is 12.5 Å². The number of esters is 1. The van der Waals surface area contributed by atoms with Gasteiger partial charge < -0.3 is 14.6 Å². The Kier molecular flexibility index (Phi) is 6.10. The van der Waals surface area contributed by atoms with E-state index in [1.165, 1.54) is 0 Å². The fraction of sp³-hybridized carbons (Fsp3) is 0.600. The summed E-state index contributed by atoms with van der Waals surface area (Å²) in [5.74, 6) is -0.246. The van der Waals surface area contributed by atoms with E-state index in [1.54, 1.807) is 12.1 Å². The molecule has 1 unspecified atom stereocenters. The van der Waals surface area contributed by atoms with E-state index in [4.69, 9.17) is 9.47 Å². The number of hydrogen-bond donors (Lipinski definition) is 1. The summed E-state index contributed by atoms with van der Waals surface area (Å²) in [7, 11) is 1.89. The molecule has 0 aromatic carbocycles. The number of rotatable bonds is 7. The van der Waals surface area contributed by atoms with Crippen molar-refractivity contribution in [1.29, 1.82) is 0 Å². The second-order valence-electron chi connectivity index (χ2n) is 5.39. The van der Waals surface area contributed by atoms with Gasteiger partial charge >= 0.3 is 5.97 Å². The first-order valence-corrected chi connectivity index (χ1v) is 6.79. The van der Waals surface area contributed by atoms with Crippen molar-refractivity contribution in [3.05, 3.63) is 30.1 Å². The van der Waals surface area contributed by atoms with Gasteiger partial charge in [0, 0.05) is 17.7 Å². The molecule has 1 atom stereocenters. The summed E-state index contributed by atoms with van der Waals surface area (Å²) in [5.41, 5.74) is 0.190. The molecule has 5 nitrogen and oxygen atoms in total. The maximum Gasteiger partial charge on any atom is 0.311 e. The summed E-state index contributed by atoms with van der Waals surface area (Å²) < 4.78 is 12.2. The third-order valence-corrected chi connectivity index (χ3v) is 3.32. The van der Waals surface area contributed by atoms with E-state index >= 15 is 0 Å². The van der Waals surface area contributed by atoms with E-state index in [9.17, 15) is 9.90 Å². The topological polar surface area (TPSA) is 59.6 Å². The molecule has 0 saturated heterocycles. The summed E-state index contributed by atoms with van der Waals surface area (Å²) >= 11 is 0. The third-order valence-electron chi connectivity index (χ3n) is 3.32. The van der Waals surface area contributed by atoms with Crippen molar-refractivity contribution < 1.29 is 23.9 Å². The Morgan fingerprint density at radius 2 is 1.95 bits per heavy atom. The van der Waals surface area contributed by atoms with Crippen LogP contribution in [0.5, 0.6) is 0 Å². The Balaban J connectivity index is 2.31. The molecule has 1 heterocycles. The maximum absolute atomic E-state index is 11.7. The molecule has 0 saturated carbocycles. The van der Waals surface area contributed by atoms with Crippen molar-refractivity contribution in [3.8, 4) is 0 Å². The average molecular weight is 282 g/mol. The molecule has 0 aliphatic carbocycles. The van der Waals surface area contributed by atoms with Crippen molar-refractivity contribution in [2.45, 2.75) is 33.5 Å². The first-order chi connectivity index (χ1) is 9.36. The average Bonchev–Trinajstić information content (AvgIpc) is 2.43. The lowest BCUT2D eigenvalue weighted by Crippen LogP contribution is -2.27. The number of ether oxygens (including phenoxy) is 2. The lowest BCUT2D eigenvalue weighted by atomic mass is 9.91. The monoisotopic (exact) mass is 282 g/mol. The van der Waals surface area contributed by atoms with E-state index in [0.717, 1.165) is 6.42 Å². The van der Waals surface area contributed by atoms with Crippen molar-refractivity contribution in [2.75, 3.05) is 13.2 Å². The van der Waals surface area contributed by atoms with Gasteiger partial charge in [-0.25, -0.2) is 4.57 Å². The molecule has 112 valence electrons. The van der Waals surface area contributed by atoms with Gasteiger partial charge in [0.25, 0.3) is 0 Å². The molecule has 1 rings (SSSR count). The predicted molar refractivity (Wildman–Crippen MR) is 73.6 cm³/mol. The van der Waals surface area contributed by atoms with Crippen LogP contribution in [-0.2, 0) is 21.3 Å². The van der Waals surface area contributed by atoms with E-state index < -0.39 is 11.7 Å². The number of aliphatic hydroxyl groups is 1. The standard InChI is InChI=1S/C15H24NO4/c1-5-15(2,3)14(18)20-11-10-19-13(17)12-6-8-16(4)9-7-12/h6-9,13,17H,5,10-11H2,1-4H3/q+1. The minimum absolute atomic E-state index is 0.139. The van der Waals surface area contributed by atoms with Crippen LogP contribution in [0.25, 0.3) is 0 Å². The first kappa shape index (κ1) is 16.6. The van der Waals surface area contributed by atoms with Gasteiger partial charge in [-0.2, -0.15) is 0 Å². The molecule has 1 aromatic rings. The van der Waals surface area contributed by atoms with E-state index in [2.05, 4.69) is 0 Å². The minimum atomic E-state index is -1.01. The zero-order valence-electron chi connectivity index (χ0n) is 12.6. The highest BCUT2D eigenvalue weighted by molar-refractivity contribution is 5.75. The van der Waals surface area contributed by atoms with Crippen molar-refractivity contribution >= 4 is 5.97 Å². The van der Waals surface area contributed by atoms with Gasteiger partial charge in [0.1, 0.15) is 13.7 Å². The molecular formula is C15H24NO4+. The van der Waals surface area contributed by atoms with Crippen LogP contribution in [0.2, 0.25) is 0 Å². The fourth-order valence-electron chi connectivity index (χ4n) is 1.41. The summed E-state index contributed by atoms with van der Waals surface area (Å²) in [5, 5.41) is 9.81. The van der Waals surface area contributed by atoms with Crippen LogP contribution in [0.4, 0.5) is 0 Å². The molecule has 0 spiro atoms. The number of nitrogens with zero attached hydrogens (tertiary/aromatic N) is 1.